The Bertz CT molecular complexity index is 347. The molecular weight excluding hydrogens is 244 g/mol. The first-order chi connectivity index (χ1) is 9.17. The summed E-state index contributed by atoms with van der Waals surface area (Å²) >= 11 is 0. The molecule has 1 saturated carbocycles. The number of hydrogen-bond acceptors (Lipinski definition) is 4. The third kappa shape index (κ3) is 3.37. The Labute approximate surface area is 114 Å². The van der Waals surface area contributed by atoms with Crippen molar-refractivity contribution in [1.29, 1.82) is 0 Å². The summed E-state index contributed by atoms with van der Waals surface area (Å²) in [6.07, 6.45) is 3.98. The van der Waals surface area contributed by atoms with Gasteiger partial charge in [-0.1, -0.05) is 18.5 Å². The number of rotatable bonds is 5. The molecule has 108 valence electrons. The molecule has 0 spiro atoms. The van der Waals surface area contributed by atoms with Crippen molar-refractivity contribution in [1.82, 2.24) is 9.80 Å². The van der Waals surface area contributed by atoms with Crippen LogP contribution >= 0.6 is 0 Å². The molecule has 3 N–H and O–H groups in total. The van der Waals surface area contributed by atoms with E-state index in [1.807, 2.05) is 4.90 Å². The monoisotopic (exact) mass is 268 g/mol. The van der Waals surface area contributed by atoms with Crippen molar-refractivity contribution in [3.05, 3.63) is 0 Å². The summed E-state index contributed by atoms with van der Waals surface area (Å²) in [5.41, 5.74) is 5.76. The fourth-order valence-corrected chi connectivity index (χ4v) is 2.70. The molecule has 1 saturated heterocycles. The van der Waals surface area contributed by atoms with E-state index in [2.05, 4.69) is 17.0 Å². The highest BCUT2D eigenvalue weighted by Gasteiger charge is 2.35. The smallest absolute Gasteiger partial charge is 0.225 e. The summed E-state index contributed by atoms with van der Waals surface area (Å²) in [6, 6.07) is -0.00632. The molecule has 2 rings (SSSR count). The Morgan fingerprint density at radius 3 is 2.47 bits per heavy atom. The minimum Gasteiger partial charge on any atom is -0.409 e. The van der Waals surface area contributed by atoms with E-state index in [4.69, 9.17) is 10.9 Å². The van der Waals surface area contributed by atoms with E-state index >= 15 is 0 Å². The second-order valence-corrected chi connectivity index (χ2v) is 5.46. The van der Waals surface area contributed by atoms with Crippen LogP contribution in [0.2, 0.25) is 0 Å². The van der Waals surface area contributed by atoms with Crippen LogP contribution in [0.1, 0.15) is 32.6 Å². The van der Waals surface area contributed by atoms with Crippen LogP contribution in [0.3, 0.4) is 0 Å². The number of carbonyl (C=O) groups is 1. The standard InChI is InChI=1S/C13H24N4O2/c1-2-3-11(12(14)15-19)16-6-8-17(9-7-16)13(18)10-4-5-10/h10-11,19H,2-9H2,1H3,(H2,14,15). The highest BCUT2D eigenvalue weighted by Crippen LogP contribution is 2.31. The number of nitrogens with two attached hydrogens (primary N) is 1. The second kappa shape index (κ2) is 6.23. The maximum absolute atomic E-state index is 12.0. The zero-order valence-electron chi connectivity index (χ0n) is 11.6. The predicted octanol–water partition coefficient (Wildman–Crippen LogP) is 0.456. The molecular formula is C13H24N4O2. The van der Waals surface area contributed by atoms with Crippen LogP contribution in [0, 0.1) is 5.92 Å². The molecule has 0 aromatic heterocycles. The molecule has 0 radical (unpaired) electrons. The average molecular weight is 268 g/mol. The first-order valence-electron chi connectivity index (χ1n) is 7.17. The molecule has 19 heavy (non-hydrogen) atoms. The van der Waals surface area contributed by atoms with Gasteiger partial charge in [0.15, 0.2) is 5.84 Å². The van der Waals surface area contributed by atoms with Gasteiger partial charge in [0.1, 0.15) is 0 Å². The molecule has 1 unspecified atom stereocenters. The maximum Gasteiger partial charge on any atom is 0.225 e. The van der Waals surface area contributed by atoms with Gasteiger partial charge >= 0.3 is 0 Å². The summed E-state index contributed by atoms with van der Waals surface area (Å²) in [4.78, 5) is 16.2. The molecule has 1 atom stereocenters. The van der Waals surface area contributed by atoms with Crippen LogP contribution in [-0.2, 0) is 4.79 Å². The Hall–Kier alpha value is -1.30. The van der Waals surface area contributed by atoms with E-state index < -0.39 is 0 Å². The van der Waals surface area contributed by atoms with Crippen molar-refractivity contribution in [2.75, 3.05) is 26.2 Å². The fraction of sp³-hybridized carbons (Fsp3) is 0.846. The van der Waals surface area contributed by atoms with Crippen LogP contribution in [0.15, 0.2) is 5.16 Å². The van der Waals surface area contributed by atoms with E-state index in [9.17, 15) is 4.79 Å². The summed E-state index contributed by atoms with van der Waals surface area (Å²) < 4.78 is 0. The van der Waals surface area contributed by atoms with Crippen molar-refractivity contribution in [3.8, 4) is 0 Å². The lowest BCUT2D eigenvalue weighted by molar-refractivity contribution is -0.134. The second-order valence-electron chi connectivity index (χ2n) is 5.46. The zero-order valence-corrected chi connectivity index (χ0v) is 11.6. The number of hydrogen-bond donors (Lipinski definition) is 2. The number of amides is 1. The zero-order chi connectivity index (χ0) is 13.8. The lowest BCUT2D eigenvalue weighted by atomic mass is 10.1. The van der Waals surface area contributed by atoms with E-state index in [0.29, 0.717) is 11.8 Å². The van der Waals surface area contributed by atoms with E-state index in [0.717, 1.165) is 51.9 Å². The molecule has 6 heteroatoms. The summed E-state index contributed by atoms with van der Waals surface area (Å²) in [7, 11) is 0. The minimum absolute atomic E-state index is 0.00632. The molecule has 0 aromatic carbocycles. The van der Waals surface area contributed by atoms with Crippen molar-refractivity contribution >= 4 is 11.7 Å². The van der Waals surface area contributed by atoms with E-state index in [-0.39, 0.29) is 11.9 Å². The van der Waals surface area contributed by atoms with Crippen LogP contribution in [-0.4, -0.2) is 59.0 Å². The average Bonchev–Trinajstić information content (AvgIpc) is 3.28. The topological polar surface area (TPSA) is 82.2 Å². The number of carbonyl (C=O) groups excluding carboxylic acids is 1. The third-order valence-corrected chi connectivity index (χ3v) is 4.01. The van der Waals surface area contributed by atoms with Crippen LogP contribution in [0.4, 0.5) is 0 Å². The number of amidine groups is 1. The maximum atomic E-state index is 12.0. The molecule has 0 aromatic rings. The van der Waals surface area contributed by atoms with Gasteiger partial charge in [-0.15, -0.1) is 0 Å². The summed E-state index contributed by atoms with van der Waals surface area (Å²) in [6.45, 7) is 5.21. The highest BCUT2D eigenvalue weighted by atomic mass is 16.4. The van der Waals surface area contributed by atoms with Gasteiger partial charge in [0.25, 0.3) is 0 Å². The normalized spacial score (nSPS) is 23.4. The van der Waals surface area contributed by atoms with Gasteiger partial charge in [-0.05, 0) is 19.3 Å². The van der Waals surface area contributed by atoms with Crippen molar-refractivity contribution < 1.29 is 10.0 Å². The largest absolute Gasteiger partial charge is 0.409 e. The van der Waals surface area contributed by atoms with Gasteiger partial charge in [0.2, 0.25) is 5.91 Å². The van der Waals surface area contributed by atoms with E-state index in [1.54, 1.807) is 0 Å². The Kier molecular flexibility index (Phi) is 4.63. The number of nitrogens with zero attached hydrogens (tertiary/aromatic N) is 3. The molecule has 1 amide bonds. The Morgan fingerprint density at radius 1 is 1.37 bits per heavy atom. The SMILES string of the molecule is CCCC(C(N)=NO)N1CCN(C(=O)C2CC2)CC1. The van der Waals surface area contributed by atoms with Gasteiger partial charge in [0.05, 0.1) is 6.04 Å². The first-order valence-corrected chi connectivity index (χ1v) is 7.17. The van der Waals surface area contributed by atoms with Gasteiger partial charge in [-0.25, -0.2) is 0 Å². The van der Waals surface area contributed by atoms with Gasteiger partial charge in [-0.2, -0.15) is 0 Å². The van der Waals surface area contributed by atoms with Crippen LogP contribution in [0.5, 0.6) is 0 Å². The molecule has 2 fully saturated rings. The summed E-state index contributed by atoms with van der Waals surface area (Å²) in [5, 5.41) is 12.0. The quantitative estimate of drug-likeness (QED) is 0.328. The molecule has 1 aliphatic carbocycles. The third-order valence-electron chi connectivity index (χ3n) is 4.01. The van der Waals surface area contributed by atoms with E-state index in [1.165, 1.54) is 0 Å². The molecule has 0 bridgehead atoms. The number of piperazine rings is 1. The van der Waals surface area contributed by atoms with Gasteiger partial charge in [-0.3, -0.25) is 9.69 Å². The molecule has 1 heterocycles. The lowest BCUT2D eigenvalue weighted by Gasteiger charge is -2.38. The Morgan fingerprint density at radius 2 is 2.00 bits per heavy atom. The molecule has 6 nitrogen and oxygen atoms in total. The van der Waals surface area contributed by atoms with Gasteiger partial charge in [0, 0.05) is 32.1 Å². The van der Waals surface area contributed by atoms with Crippen molar-refractivity contribution in [2.24, 2.45) is 16.8 Å². The lowest BCUT2D eigenvalue weighted by Crippen LogP contribution is -2.55. The van der Waals surface area contributed by atoms with Crippen molar-refractivity contribution in [3.63, 3.8) is 0 Å². The Balaban J connectivity index is 1.88. The predicted molar refractivity (Wildman–Crippen MR) is 73.0 cm³/mol. The fourth-order valence-electron chi connectivity index (χ4n) is 2.70. The van der Waals surface area contributed by atoms with Gasteiger partial charge < -0.3 is 15.8 Å². The summed E-state index contributed by atoms with van der Waals surface area (Å²) in [5.74, 6) is 0.890. The van der Waals surface area contributed by atoms with Crippen LogP contribution in [0.25, 0.3) is 0 Å². The minimum atomic E-state index is -0.00632. The van der Waals surface area contributed by atoms with Crippen molar-refractivity contribution in [2.45, 2.75) is 38.6 Å². The first kappa shape index (κ1) is 14.1. The molecule has 2 aliphatic rings. The number of oxime groups is 1. The van der Waals surface area contributed by atoms with Crippen LogP contribution < -0.4 is 5.73 Å². The molecule has 1 aliphatic heterocycles. The highest BCUT2D eigenvalue weighted by molar-refractivity contribution is 5.85.